The lowest BCUT2D eigenvalue weighted by molar-refractivity contribution is -0.136. The topological polar surface area (TPSA) is 43.8 Å². The Balaban J connectivity index is 2.58. The van der Waals surface area contributed by atoms with Gasteiger partial charge < -0.3 is 14.9 Å². The summed E-state index contributed by atoms with van der Waals surface area (Å²) in [4.78, 5) is 15.3. The lowest BCUT2D eigenvalue weighted by Crippen LogP contribution is -2.30. The van der Waals surface area contributed by atoms with E-state index in [1.807, 2.05) is 24.3 Å². The van der Waals surface area contributed by atoms with Crippen molar-refractivity contribution in [2.75, 3.05) is 33.7 Å². The van der Waals surface area contributed by atoms with Crippen molar-refractivity contribution < 1.29 is 9.90 Å². The van der Waals surface area contributed by atoms with Crippen molar-refractivity contribution in [1.82, 2.24) is 9.80 Å². The largest absolute Gasteiger partial charge is 0.481 e. The first-order valence-electron chi connectivity index (χ1n) is 6.68. The van der Waals surface area contributed by atoms with Crippen LogP contribution in [-0.2, 0) is 17.8 Å². The highest BCUT2D eigenvalue weighted by atomic mass is 16.4. The third-order valence-corrected chi connectivity index (χ3v) is 3.30. The molecule has 0 aliphatic heterocycles. The lowest BCUT2D eigenvalue weighted by atomic mass is 10.0. The van der Waals surface area contributed by atoms with Crippen molar-refractivity contribution in [3.63, 3.8) is 0 Å². The molecule has 0 bridgehead atoms. The fourth-order valence-corrected chi connectivity index (χ4v) is 1.92. The van der Waals surface area contributed by atoms with Gasteiger partial charge in [0.05, 0.1) is 6.42 Å². The number of carbonyl (C=O) groups is 1. The van der Waals surface area contributed by atoms with E-state index < -0.39 is 5.97 Å². The first-order chi connectivity index (χ1) is 9.02. The maximum Gasteiger partial charge on any atom is 0.307 e. The molecule has 1 rings (SSSR count). The van der Waals surface area contributed by atoms with Gasteiger partial charge in [0.2, 0.25) is 0 Å². The van der Waals surface area contributed by atoms with Crippen LogP contribution in [0.4, 0.5) is 0 Å². The van der Waals surface area contributed by atoms with E-state index in [1.165, 1.54) is 0 Å². The molecule has 0 fully saturated rings. The normalized spacial score (nSPS) is 11.2. The Morgan fingerprint density at radius 2 is 1.68 bits per heavy atom. The van der Waals surface area contributed by atoms with Gasteiger partial charge >= 0.3 is 5.97 Å². The number of carboxylic acids is 1. The second-order valence-electron chi connectivity index (χ2n) is 4.97. The van der Waals surface area contributed by atoms with Crippen molar-refractivity contribution >= 4 is 5.97 Å². The zero-order valence-electron chi connectivity index (χ0n) is 12.1. The lowest BCUT2D eigenvalue weighted by Gasteiger charge is -2.22. The molecule has 0 aromatic heterocycles. The smallest absolute Gasteiger partial charge is 0.307 e. The van der Waals surface area contributed by atoms with E-state index in [0.29, 0.717) is 0 Å². The van der Waals surface area contributed by atoms with Gasteiger partial charge in [-0.2, -0.15) is 0 Å². The van der Waals surface area contributed by atoms with Gasteiger partial charge in [-0.25, -0.2) is 0 Å². The first kappa shape index (κ1) is 15.7. The summed E-state index contributed by atoms with van der Waals surface area (Å²) in [6, 6.07) is 7.77. The second kappa shape index (κ2) is 7.92. The van der Waals surface area contributed by atoms with Crippen LogP contribution in [0.25, 0.3) is 0 Å². The van der Waals surface area contributed by atoms with Crippen molar-refractivity contribution in [1.29, 1.82) is 0 Å². The van der Waals surface area contributed by atoms with Crippen LogP contribution in [-0.4, -0.2) is 54.6 Å². The highest BCUT2D eigenvalue weighted by Gasteiger charge is 2.08. The van der Waals surface area contributed by atoms with Crippen LogP contribution < -0.4 is 0 Å². The molecule has 19 heavy (non-hydrogen) atoms. The molecule has 4 heteroatoms. The molecule has 0 heterocycles. The minimum atomic E-state index is -0.777. The SMILES string of the molecule is CCN(C)CCN(C)Cc1ccccc1CC(=O)O. The van der Waals surface area contributed by atoms with Crippen molar-refractivity contribution in [3.8, 4) is 0 Å². The Morgan fingerprint density at radius 3 is 2.26 bits per heavy atom. The summed E-state index contributed by atoms with van der Waals surface area (Å²) >= 11 is 0. The first-order valence-corrected chi connectivity index (χ1v) is 6.68. The molecule has 1 N–H and O–H groups in total. The van der Waals surface area contributed by atoms with E-state index in [1.54, 1.807) is 0 Å². The molecule has 0 saturated heterocycles. The number of hydrogen-bond acceptors (Lipinski definition) is 3. The summed E-state index contributed by atoms with van der Waals surface area (Å²) in [5.74, 6) is -0.777. The van der Waals surface area contributed by atoms with E-state index in [-0.39, 0.29) is 6.42 Å². The van der Waals surface area contributed by atoms with Crippen molar-refractivity contribution in [3.05, 3.63) is 35.4 Å². The van der Waals surface area contributed by atoms with Crippen LogP contribution in [0.1, 0.15) is 18.1 Å². The average molecular weight is 264 g/mol. The summed E-state index contributed by atoms with van der Waals surface area (Å²) in [5.41, 5.74) is 2.01. The fraction of sp³-hybridized carbons (Fsp3) is 0.533. The molecular formula is C15H24N2O2. The van der Waals surface area contributed by atoms with Crippen LogP contribution >= 0.6 is 0 Å². The highest BCUT2D eigenvalue weighted by Crippen LogP contribution is 2.12. The van der Waals surface area contributed by atoms with E-state index in [9.17, 15) is 4.79 Å². The predicted molar refractivity (Wildman–Crippen MR) is 77.3 cm³/mol. The molecule has 4 nitrogen and oxygen atoms in total. The Labute approximate surface area is 115 Å². The van der Waals surface area contributed by atoms with Gasteiger partial charge in [0.1, 0.15) is 0 Å². The van der Waals surface area contributed by atoms with Gasteiger partial charge in [-0.1, -0.05) is 31.2 Å². The number of aliphatic carboxylic acids is 1. The van der Waals surface area contributed by atoms with Crippen LogP contribution in [0.5, 0.6) is 0 Å². The van der Waals surface area contributed by atoms with Crippen molar-refractivity contribution in [2.45, 2.75) is 19.9 Å². The Bertz CT molecular complexity index is 407. The van der Waals surface area contributed by atoms with Crippen LogP contribution in [0, 0.1) is 0 Å². The number of rotatable bonds is 8. The maximum atomic E-state index is 10.8. The van der Waals surface area contributed by atoms with E-state index in [2.05, 4.69) is 30.8 Å². The monoisotopic (exact) mass is 264 g/mol. The zero-order chi connectivity index (χ0) is 14.3. The minimum Gasteiger partial charge on any atom is -0.481 e. The molecule has 0 spiro atoms. The van der Waals surface area contributed by atoms with Gasteiger partial charge in [0.15, 0.2) is 0 Å². The molecule has 0 amide bonds. The molecule has 0 unspecified atom stereocenters. The van der Waals surface area contributed by atoms with Gasteiger partial charge in [-0.3, -0.25) is 4.79 Å². The second-order valence-corrected chi connectivity index (χ2v) is 4.97. The Morgan fingerprint density at radius 1 is 1.11 bits per heavy atom. The molecule has 0 atom stereocenters. The Hall–Kier alpha value is -1.39. The van der Waals surface area contributed by atoms with E-state index in [4.69, 9.17) is 5.11 Å². The van der Waals surface area contributed by atoms with E-state index in [0.717, 1.165) is 37.3 Å². The maximum absolute atomic E-state index is 10.8. The molecule has 0 saturated carbocycles. The number of hydrogen-bond donors (Lipinski definition) is 1. The third-order valence-electron chi connectivity index (χ3n) is 3.30. The minimum absolute atomic E-state index is 0.0961. The number of benzene rings is 1. The van der Waals surface area contributed by atoms with Gasteiger partial charge in [0.25, 0.3) is 0 Å². The molecule has 1 aromatic carbocycles. The average Bonchev–Trinajstić information content (AvgIpc) is 2.37. The van der Waals surface area contributed by atoms with Gasteiger partial charge in [-0.15, -0.1) is 0 Å². The third kappa shape index (κ3) is 5.85. The standard InChI is InChI=1S/C15H24N2O2/c1-4-16(2)9-10-17(3)12-14-8-6-5-7-13(14)11-15(18)19/h5-8H,4,9-12H2,1-3H3,(H,18,19). The molecule has 0 aliphatic rings. The fourth-order valence-electron chi connectivity index (χ4n) is 1.92. The summed E-state index contributed by atoms with van der Waals surface area (Å²) in [5, 5.41) is 8.91. The quantitative estimate of drug-likeness (QED) is 0.776. The van der Waals surface area contributed by atoms with Crippen molar-refractivity contribution in [2.24, 2.45) is 0 Å². The molecular weight excluding hydrogens is 240 g/mol. The molecule has 106 valence electrons. The van der Waals surface area contributed by atoms with Gasteiger partial charge in [-0.05, 0) is 31.8 Å². The summed E-state index contributed by atoms with van der Waals surface area (Å²) in [6.45, 7) is 5.98. The van der Waals surface area contributed by atoms with Crippen LogP contribution in [0.2, 0.25) is 0 Å². The summed E-state index contributed by atoms with van der Waals surface area (Å²) in [6.07, 6.45) is 0.0961. The zero-order valence-corrected chi connectivity index (χ0v) is 12.1. The van der Waals surface area contributed by atoms with E-state index >= 15 is 0 Å². The number of nitrogens with zero attached hydrogens (tertiary/aromatic N) is 2. The van der Waals surface area contributed by atoms with Crippen LogP contribution in [0.15, 0.2) is 24.3 Å². The summed E-state index contributed by atoms with van der Waals surface area (Å²) in [7, 11) is 4.17. The Kier molecular flexibility index (Phi) is 6.53. The molecule has 0 aliphatic carbocycles. The number of likely N-dealkylation sites (N-methyl/N-ethyl adjacent to an activating group) is 2. The highest BCUT2D eigenvalue weighted by molar-refractivity contribution is 5.70. The molecule has 1 aromatic rings. The van der Waals surface area contributed by atoms with Gasteiger partial charge in [0, 0.05) is 19.6 Å². The van der Waals surface area contributed by atoms with Crippen LogP contribution in [0.3, 0.4) is 0 Å². The summed E-state index contributed by atoms with van der Waals surface area (Å²) < 4.78 is 0. The molecule has 0 radical (unpaired) electrons. The number of carboxylic acid groups (broad SMARTS) is 1. The predicted octanol–water partition coefficient (Wildman–Crippen LogP) is 1.70.